The molecule has 1 aliphatic carbocycles. The second-order valence-corrected chi connectivity index (χ2v) is 5.76. The van der Waals surface area contributed by atoms with Gasteiger partial charge in [-0.25, -0.2) is 0 Å². The van der Waals surface area contributed by atoms with Crippen LogP contribution in [0.3, 0.4) is 0 Å². The Morgan fingerprint density at radius 1 is 1.24 bits per heavy atom. The van der Waals surface area contributed by atoms with E-state index in [4.69, 9.17) is 5.73 Å². The van der Waals surface area contributed by atoms with Crippen molar-refractivity contribution >= 4 is 11.3 Å². The van der Waals surface area contributed by atoms with E-state index >= 15 is 0 Å². The summed E-state index contributed by atoms with van der Waals surface area (Å²) < 4.78 is 0. The minimum atomic E-state index is -0.157. The Labute approximate surface area is 106 Å². The third-order valence-electron chi connectivity index (χ3n) is 3.72. The SMILES string of the molecule is NC1(Cc2ccsc2)CCCc2ccccc21. The van der Waals surface area contributed by atoms with Crippen molar-refractivity contribution in [2.75, 3.05) is 0 Å². The second kappa shape index (κ2) is 4.28. The monoisotopic (exact) mass is 243 g/mol. The highest BCUT2D eigenvalue weighted by atomic mass is 32.1. The highest BCUT2D eigenvalue weighted by Crippen LogP contribution is 2.36. The van der Waals surface area contributed by atoms with Gasteiger partial charge in [-0.15, -0.1) is 0 Å². The summed E-state index contributed by atoms with van der Waals surface area (Å²) in [7, 11) is 0. The number of nitrogens with two attached hydrogens (primary N) is 1. The zero-order valence-electron chi connectivity index (χ0n) is 9.86. The standard InChI is InChI=1S/C15H17NS/c16-15(10-12-7-9-17-11-12)8-3-5-13-4-1-2-6-14(13)15/h1-2,4,6-7,9,11H,3,5,8,10,16H2. The van der Waals surface area contributed by atoms with E-state index in [9.17, 15) is 0 Å². The highest BCUT2D eigenvalue weighted by molar-refractivity contribution is 7.07. The molecule has 1 aromatic carbocycles. The molecule has 88 valence electrons. The molecule has 0 saturated carbocycles. The average molecular weight is 243 g/mol. The summed E-state index contributed by atoms with van der Waals surface area (Å²) in [6.45, 7) is 0. The second-order valence-electron chi connectivity index (χ2n) is 4.98. The summed E-state index contributed by atoms with van der Waals surface area (Å²) in [5, 5.41) is 4.35. The molecule has 1 heterocycles. The van der Waals surface area contributed by atoms with Gasteiger partial charge < -0.3 is 5.73 Å². The van der Waals surface area contributed by atoms with Crippen molar-refractivity contribution in [2.24, 2.45) is 5.73 Å². The van der Waals surface area contributed by atoms with Gasteiger partial charge in [-0.2, -0.15) is 11.3 Å². The molecular weight excluding hydrogens is 226 g/mol. The van der Waals surface area contributed by atoms with Crippen LogP contribution in [0.4, 0.5) is 0 Å². The molecule has 0 amide bonds. The van der Waals surface area contributed by atoms with Crippen LogP contribution in [0.25, 0.3) is 0 Å². The van der Waals surface area contributed by atoms with E-state index in [0.717, 1.165) is 12.8 Å². The molecule has 0 saturated heterocycles. The number of hydrogen-bond donors (Lipinski definition) is 1. The van der Waals surface area contributed by atoms with Gasteiger partial charge >= 0.3 is 0 Å². The van der Waals surface area contributed by atoms with Gasteiger partial charge in [0.2, 0.25) is 0 Å². The fraction of sp³-hybridized carbons (Fsp3) is 0.333. The normalized spacial score (nSPS) is 23.4. The quantitative estimate of drug-likeness (QED) is 0.858. The zero-order valence-corrected chi connectivity index (χ0v) is 10.7. The first-order valence-corrected chi connectivity index (χ1v) is 7.11. The van der Waals surface area contributed by atoms with Crippen LogP contribution in [-0.4, -0.2) is 0 Å². The molecule has 0 bridgehead atoms. The molecule has 0 spiro atoms. The summed E-state index contributed by atoms with van der Waals surface area (Å²) in [5.41, 5.74) is 10.7. The predicted octanol–water partition coefficient (Wildman–Crippen LogP) is 3.48. The summed E-state index contributed by atoms with van der Waals surface area (Å²) in [4.78, 5) is 0. The van der Waals surface area contributed by atoms with E-state index in [-0.39, 0.29) is 5.54 Å². The Kier molecular flexibility index (Phi) is 2.77. The van der Waals surface area contributed by atoms with E-state index < -0.39 is 0 Å². The minimum absolute atomic E-state index is 0.157. The first-order valence-electron chi connectivity index (χ1n) is 6.16. The van der Waals surface area contributed by atoms with Gasteiger partial charge in [-0.3, -0.25) is 0 Å². The number of hydrogen-bond acceptors (Lipinski definition) is 2. The first-order chi connectivity index (χ1) is 8.28. The summed E-state index contributed by atoms with van der Waals surface area (Å²) >= 11 is 1.75. The number of aryl methyl sites for hydroxylation is 1. The Balaban J connectivity index is 1.98. The maximum atomic E-state index is 6.67. The summed E-state index contributed by atoms with van der Waals surface area (Å²) in [6.07, 6.45) is 4.45. The Morgan fingerprint density at radius 2 is 2.12 bits per heavy atom. The molecule has 0 fully saturated rings. The highest BCUT2D eigenvalue weighted by Gasteiger charge is 2.32. The summed E-state index contributed by atoms with van der Waals surface area (Å²) in [5.74, 6) is 0. The maximum Gasteiger partial charge on any atom is 0.0453 e. The van der Waals surface area contributed by atoms with Gasteiger partial charge in [-0.1, -0.05) is 24.3 Å². The maximum absolute atomic E-state index is 6.67. The number of benzene rings is 1. The third kappa shape index (κ3) is 2.03. The van der Waals surface area contributed by atoms with Crippen molar-refractivity contribution in [2.45, 2.75) is 31.2 Å². The van der Waals surface area contributed by atoms with E-state index in [0.29, 0.717) is 0 Å². The number of fused-ring (bicyclic) bond motifs is 1. The van der Waals surface area contributed by atoms with Gasteiger partial charge in [0.1, 0.15) is 0 Å². The van der Waals surface area contributed by atoms with Crippen molar-refractivity contribution in [3.05, 3.63) is 57.8 Å². The van der Waals surface area contributed by atoms with Crippen LogP contribution in [0.15, 0.2) is 41.1 Å². The molecule has 17 heavy (non-hydrogen) atoms. The van der Waals surface area contributed by atoms with Crippen LogP contribution in [0, 0.1) is 0 Å². The third-order valence-corrected chi connectivity index (χ3v) is 4.45. The van der Waals surface area contributed by atoms with Gasteiger partial charge in [0.15, 0.2) is 0 Å². The fourth-order valence-electron chi connectivity index (χ4n) is 2.89. The van der Waals surface area contributed by atoms with E-state index in [1.807, 2.05) is 0 Å². The molecule has 2 aromatic rings. The lowest BCUT2D eigenvalue weighted by molar-refractivity contribution is 0.370. The largest absolute Gasteiger partial charge is 0.321 e. The molecule has 1 unspecified atom stereocenters. The zero-order chi connectivity index (χ0) is 11.7. The van der Waals surface area contributed by atoms with Gasteiger partial charge in [-0.05, 0) is 59.2 Å². The average Bonchev–Trinajstić information content (AvgIpc) is 2.82. The number of rotatable bonds is 2. The molecule has 2 heteroatoms. The molecule has 1 aromatic heterocycles. The lowest BCUT2D eigenvalue weighted by Crippen LogP contribution is -2.42. The van der Waals surface area contributed by atoms with Crippen molar-refractivity contribution in [3.63, 3.8) is 0 Å². The van der Waals surface area contributed by atoms with Crippen LogP contribution in [0.1, 0.15) is 29.5 Å². The topological polar surface area (TPSA) is 26.0 Å². The smallest absolute Gasteiger partial charge is 0.0453 e. The molecule has 2 N–H and O–H groups in total. The Morgan fingerprint density at radius 3 is 2.94 bits per heavy atom. The fourth-order valence-corrected chi connectivity index (χ4v) is 3.56. The lowest BCUT2D eigenvalue weighted by Gasteiger charge is -2.35. The summed E-state index contributed by atoms with van der Waals surface area (Å²) in [6, 6.07) is 10.9. The van der Waals surface area contributed by atoms with Crippen LogP contribution >= 0.6 is 11.3 Å². The number of thiophene rings is 1. The van der Waals surface area contributed by atoms with Crippen molar-refractivity contribution < 1.29 is 0 Å². The van der Waals surface area contributed by atoms with Crippen molar-refractivity contribution in [1.82, 2.24) is 0 Å². The molecule has 1 aliphatic rings. The molecule has 0 aliphatic heterocycles. The van der Waals surface area contributed by atoms with E-state index in [1.54, 1.807) is 11.3 Å². The molecule has 1 atom stereocenters. The van der Waals surface area contributed by atoms with Crippen LogP contribution in [-0.2, 0) is 18.4 Å². The molecule has 1 nitrogen and oxygen atoms in total. The Hall–Kier alpha value is -1.12. The Bertz CT molecular complexity index is 503. The van der Waals surface area contributed by atoms with Crippen molar-refractivity contribution in [3.8, 4) is 0 Å². The van der Waals surface area contributed by atoms with E-state index in [1.165, 1.54) is 29.5 Å². The predicted molar refractivity (Wildman–Crippen MR) is 73.3 cm³/mol. The van der Waals surface area contributed by atoms with Crippen LogP contribution in [0.2, 0.25) is 0 Å². The van der Waals surface area contributed by atoms with Crippen molar-refractivity contribution in [1.29, 1.82) is 0 Å². The van der Waals surface area contributed by atoms with Crippen LogP contribution < -0.4 is 5.73 Å². The van der Waals surface area contributed by atoms with Crippen LogP contribution in [0.5, 0.6) is 0 Å². The van der Waals surface area contributed by atoms with Gasteiger partial charge in [0, 0.05) is 5.54 Å². The lowest BCUT2D eigenvalue weighted by atomic mass is 9.74. The molecular formula is C15H17NS. The first kappa shape index (κ1) is 11.0. The van der Waals surface area contributed by atoms with E-state index in [2.05, 4.69) is 41.1 Å². The van der Waals surface area contributed by atoms with Gasteiger partial charge in [0.25, 0.3) is 0 Å². The molecule has 3 rings (SSSR count). The minimum Gasteiger partial charge on any atom is -0.321 e. The molecule has 0 radical (unpaired) electrons. The van der Waals surface area contributed by atoms with Gasteiger partial charge in [0.05, 0.1) is 0 Å².